The van der Waals surface area contributed by atoms with E-state index in [4.69, 9.17) is 9.47 Å². The second kappa shape index (κ2) is 6.22. The van der Waals surface area contributed by atoms with Crippen molar-refractivity contribution in [1.29, 1.82) is 0 Å². The minimum atomic E-state index is -3.60. The van der Waals surface area contributed by atoms with Crippen LogP contribution in [0.25, 0.3) is 0 Å². The third kappa shape index (κ3) is 3.33. The molecule has 1 aliphatic heterocycles. The van der Waals surface area contributed by atoms with Gasteiger partial charge in [0, 0.05) is 0 Å². The molecule has 1 heterocycles. The summed E-state index contributed by atoms with van der Waals surface area (Å²) in [5, 5.41) is 0. The first-order valence-corrected chi connectivity index (χ1v) is 8.85. The maximum Gasteiger partial charge on any atom is 0.240 e. The molecule has 0 aliphatic carbocycles. The molecule has 122 valence electrons. The molecule has 1 unspecified atom stereocenters. The molecule has 1 atom stereocenters. The van der Waals surface area contributed by atoms with Gasteiger partial charge in [0.15, 0.2) is 0 Å². The lowest BCUT2D eigenvalue weighted by molar-refractivity contribution is 0.254. The number of benzene rings is 2. The predicted octanol–water partition coefficient (Wildman–Crippen LogP) is 2.29. The van der Waals surface area contributed by atoms with Gasteiger partial charge in [-0.1, -0.05) is 18.2 Å². The molecule has 0 amide bonds. The van der Waals surface area contributed by atoms with Crippen LogP contribution >= 0.6 is 0 Å². The van der Waals surface area contributed by atoms with Crippen LogP contribution in [0.4, 0.5) is 0 Å². The summed E-state index contributed by atoms with van der Waals surface area (Å²) in [6.07, 6.45) is 0.616. The number of rotatable bonds is 4. The highest BCUT2D eigenvalue weighted by molar-refractivity contribution is 7.89. The van der Waals surface area contributed by atoms with E-state index in [-0.39, 0.29) is 10.9 Å². The van der Waals surface area contributed by atoms with Crippen molar-refractivity contribution in [2.24, 2.45) is 0 Å². The van der Waals surface area contributed by atoms with Gasteiger partial charge >= 0.3 is 0 Å². The number of hydrogen-bond acceptors (Lipinski definition) is 4. The van der Waals surface area contributed by atoms with Crippen LogP contribution in [-0.4, -0.2) is 28.2 Å². The van der Waals surface area contributed by atoms with E-state index in [1.807, 2.05) is 31.2 Å². The highest BCUT2D eigenvalue weighted by atomic mass is 32.2. The van der Waals surface area contributed by atoms with Gasteiger partial charge in [0.05, 0.1) is 18.0 Å². The monoisotopic (exact) mass is 333 g/mol. The third-order valence-corrected chi connectivity index (χ3v) is 5.40. The Kier molecular flexibility index (Phi) is 4.28. The van der Waals surface area contributed by atoms with Gasteiger partial charge in [-0.25, -0.2) is 13.1 Å². The van der Waals surface area contributed by atoms with Crippen molar-refractivity contribution in [2.75, 3.05) is 13.7 Å². The summed E-state index contributed by atoms with van der Waals surface area (Å²) in [6.45, 7) is 2.14. The lowest BCUT2D eigenvalue weighted by Crippen LogP contribution is -2.42. The van der Waals surface area contributed by atoms with Gasteiger partial charge < -0.3 is 9.47 Å². The summed E-state index contributed by atoms with van der Waals surface area (Å²) in [4.78, 5) is 0.231. The van der Waals surface area contributed by atoms with E-state index in [1.54, 1.807) is 25.3 Å². The summed E-state index contributed by atoms with van der Waals surface area (Å²) in [5.41, 5.74) is 1.79. The van der Waals surface area contributed by atoms with Crippen LogP contribution in [0, 0.1) is 6.92 Å². The molecule has 6 heteroatoms. The lowest BCUT2D eigenvalue weighted by atomic mass is 10.0. The summed E-state index contributed by atoms with van der Waals surface area (Å²) >= 11 is 0. The van der Waals surface area contributed by atoms with Crippen molar-refractivity contribution in [2.45, 2.75) is 24.3 Å². The molecule has 1 aliphatic rings. The molecule has 2 aromatic rings. The van der Waals surface area contributed by atoms with Crippen LogP contribution < -0.4 is 14.2 Å². The van der Waals surface area contributed by atoms with E-state index in [9.17, 15) is 8.42 Å². The summed E-state index contributed by atoms with van der Waals surface area (Å²) < 4.78 is 38.6. The lowest BCUT2D eigenvalue weighted by Gasteiger charge is -2.26. The fraction of sp³-hybridized carbons (Fsp3) is 0.294. The minimum Gasteiger partial charge on any atom is -0.496 e. The van der Waals surface area contributed by atoms with E-state index in [2.05, 4.69) is 4.72 Å². The highest BCUT2D eigenvalue weighted by Crippen LogP contribution is 2.25. The second-order valence-corrected chi connectivity index (χ2v) is 7.29. The number of nitrogens with one attached hydrogen (secondary N) is 1. The number of methoxy groups -OCH3 is 1. The van der Waals surface area contributed by atoms with Crippen LogP contribution in [0.1, 0.15) is 11.1 Å². The maximum atomic E-state index is 12.6. The van der Waals surface area contributed by atoms with Gasteiger partial charge in [0.1, 0.15) is 18.1 Å². The first-order chi connectivity index (χ1) is 11.0. The Morgan fingerprint density at radius 1 is 1.22 bits per heavy atom. The molecule has 5 nitrogen and oxygen atoms in total. The molecule has 0 bridgehead atoms. The zero-order valence-corrected chi connectivity index (χ0v) is 13.9. The second-order valence-electron chi connectivity index (χ2n) is 5.57. The molecule has 0 spiro atoms. The Bertz CT molecular complexity index is 817. The zero-order chi connectivity index (χ0) is 16.4. The van der Waals surface area contributed by atoms with Crippen molar-refractivity contribution in [3.63, 3.8) is 0 Å². The SMILES string of the molecule is COc1ccc(S(=O)(=O)NC2COc3ccccc3C2)cc1C. The van der Waals surface area contributed by atoms with Crippen LogP contribution in [0.3, 0.4) is 0 Å². The standard InChI is InChI=1S/C17H19NO4S/c1-12-9-15(7-8-16(12)21-2)23(19,20)18-14-10-13-5-3-4-6-17(13)22-11-14/h3-9,14,18H,10-11H2,1-2H3. The number of ether oxygens (including phenoxy) is 2. The third-order valence-electron chi connectivity index (χ3n) is 3.88. The van der Waals surface area contributed by atoms with Crippen molar-refractivity contribution >= 4 is 10.0 Å². The van der Waals surface area contributed by atoms with E-state index in [0.29, 0.717) is 18.8 Å². The summed E-state index contributed by atoms with van der Waals surface area (Å²) in [6, 6.07) is 12.2. The van der Waals surface area contributed by atoms with E-state index >= 15 is 0 Å². The van der Waals surface area contributed by atoms with E-state index in [0.717, 1.165) is 16.9 Å². The van der Waals surface area contributed by atoms with Crippen molar-refractivity contribution in [3.05, 3.63) is 53.6 Å². The molecular formula is C17H19NO4S. The van der Waals surface area contributed by atoms with Crippen molar-refractivity contribution in [3.8, 4) is 11.5 Å². The molecule has 3 rings (SSSR count). The average Bonchev–Trinajstić information content (AvgIpc) is 2.54. The van der Waals surface area contributed by atoms with Gasteiger partial charge in [0.2, 0.25) is 10.0 Å². The summed E-state index contributed by atoms with van der Waals surface area (Å²) in [5.74, 6) is 1.49. The van der Waals surface area contributed by atoms with Crippen LogP contribution in [0.15, 0.2) is 47.4 Å². The quantitative estimate of drug-likeness (QED) is 0.932. The number of para-hydroxylation sites is 1. The first-order valence-electron chi connectivity index (χ1n) is 7.37. The molecule has 2 aromatic carbocycles. The Morgan fingerprint density at radius 3 is 2.74 bits per heavy atom. The van der Waals surface area contributed by atoms with Crippen molar-refractivity contribution in [1.82, 2.24) is 4.72 Å². The Hall–Kier alpha value is -2.05. The number of hydrogen-bond donors (Lipinski definition) is 1. The van der Waals surface area contributed by atoms with Crippen molar-refractivity contribution < 1.29 is 17.9 Å². The molecular weight excluding hydrogens is 314 g/mol. The van der Waals surface area contributed by atoms with Crippen LogP contribution in [0.5, 0.6) is 11.5 Å². The van der Waals surface area contributed by atoms with Gasteiger partial charge in [-0.15, -0.1) is 0 Å². The summed E-state index contributed by atoms with van der Waals surface area (Å²) in [7, 11) is -2.03. The number of sulfonamides is 1. The fourth-order valence-electron chi connectivity index (χ4n) is 2.71. The van der Waals surface area contributed by atoms with Crippen LogP contribution in [-0.2, 0) is 16.4 Å². The van der Waals surface area contributed by atoms with Gasteiger partial charge in [0.25, 0.3) is 0 Å². The Morgan fingerprint density at radius 2 is 2.00 bits per heavy atom. The highest BCUT2D eigenvalue weighted by Gasteiger charge is 2.25. The largest absolute Gasteiger partial charge is 0.496 e. The average molecular weight is 333 g/mol. The molecule has 23 heavy (non-hydrogen) atoms. The molecule has 0 saturated carbocycles. The predicted molar refractivity (Wildman–Crippen MR) is 87.5 cm³/mol. The Balaban J connectivity index is 1.78. The topological polar surface area (TPSA) is 64.6 Å². The molecule has 0 radical (unpaired) electrons. The van der Waals surface area contributed by atoms with E-state index in [1.165, 1.54) is 0 Å². The maximum absolute atomic E-state index is 12.6. The molecule has 0 saturated heterocycles. The molecule has 1 N–H and O–H groups in total. The molecule has 0 fully saturated rings. The molecule has 0 aromatic heterocycles. The van der Waals surface area contributed by atoms with Gasteiger partial charge in [-0.2, -0.15) is 0 Å². The minimum absolute atomic E-state index is 0.231. The van der Waals surface area contributed by atoms with Gasteiger partial charge in [-0.3, -0.25) is 0 Å². The Labute approximate surface area is 136 Å². The zero-order valence-electron chi connectivity index (χ0n) is 13.1. The fourth-order valence-corrected chi connectivity index (χ4v) is 4.01. The number of aryl methyl sites for hydroxylation is 1. The smallest absolute Gasteiger partial charge is 0.240 e. The number of fused-ring (bicyclic) bond motifs is 1. The normalized spacial score (nSPS) is 17.2. The van der Waals surface area contributed by atoms with Crippen LogP contribution in [0.2, 0.25) is 0 Å². The van der Waals surface area contributed by atoms with E-state index < -0.39 is 10.0 Å². The van der Waals surface area contributed by atoms with Gasteiger partial charge in [-0.05, 0) is 48.7 Å². The first kappa shape index (κ1) is 15.8.